The van der Waals surface area contributed by atoms with Gasteiger partial charge >= 0.3 is 0 Å². The molecule has 0 unspecified atom stereocenters. The van der Waals surface area contributed by atoms with E-state index < -0.39 is 0 Å². The van der Waals surface area contributed by atoms with Crippen molar-refractivity contribution in [3.05, 3.63) is 59.3 Å². The lowest BCUT2D eigenvalue weighted by atomic mass is 10.1. The highest BCUT2D eigenvalue weighted by Crippen LogP contribution is 2.36. The van der Waals surface area contributed by atoms with Gasteiger partial charge in [-0.1, -0.05) is 23.7 Å². The molecule has 2 aromatic heterocycles. The third-order valence-corrected chi connectivity index (χ3v) is 5.99. The van der Waals surface area contributed by atoms with Crippen LogP contribution < -0.4 is 0 Å². The van der Waals surface area contributed by atoms with Crippen molar-refractivity contribution in [3.8, 4) is 11.5 Å². The van der Waals surface area contributed by atoms with Crippen molar-refractivity contribution in [2.45, 2.75) is 31.5 Å². The molecule has 2 fully saturated rings. The summed E-state index contributed by atoms with van der Waals surface area (Å²) in [4.78, 5) is 14.7. The average molecular weight is 384 g/mol. The number of H-pyrrole nitrogens is 1. The Kier molecular flexibility index (Phi) is 4.27. The largest absolute Gasteiger partial charge is 0.371 e. The van der Waals surface area contributed by atoms with Crippen molar-refractivity contribution < 1.29 is 4.74 Å². The molecule has 0 spiro atoms. The Hall–Kier alpha value is -2.15. The van der Waals surface area contributed by atoms with E-state index in [1.807, 2.05) is 25.3 Å². The molecule has 6 nitrogen and oxygen atoms in total. The topological polar surface area (TPSA) is 59.0 Å². The van der Waals surface area contributed by atoms with Crippen LogP contribution in [0.1, 0.15) is 29.8 Å². The molecule has 5 rings (SSSR count). The molecule has 0 aliphatic carbocycles. The van der Waals surface area contributed by atoms with E-state index in [0.717, 1.165) is 48.4 Å². The maximum Gasteiger partial charge on any atom is 0.160 e. The van der Waals surface area contributed by atoms with Crippen LogP contribution in [0.4, 0.5) is 0 Å². The summed E-state index contributed by atoms with van der Waals surface area (Å²) in [5, 5.41) is 0.759. The predicted octanol–water partition coefficient (Wildman–Crippen LogP) is 3.62. The Labute approximate surface area is 163 Å². The number of aromatic nitrogens is 4. The molecule has 4 heterocycles. The van der Waals surface area contributed by atoms with E-state index in [1.54, 1.807) is 6.33 Å². The number of hydrogen-bond acceptors (Lipinski definition) is 4. The summed E-state index contributed by atoms with van der Waals surface area (Å²) in [5.74, 6) is 0.939. The molecule has 0 bridgehead atoms. The molecule has 2 aliphatic rings. The third kappa shape index (κ3) is 3.08. The number of rotatable bonds is 3. The number of morpholine rings is 1. The Bertz CT molecular complexity index is 934. The number of aromatic amines is 1. The van der Waals surface area contributed by atoms with Gasteiger partial charge in [-0.2, -0.15) is 0 Å². The van der Waals surface area contributed by atoms with Crippen molar-refractivity contribution in [1.29, 1.82) is 0 Å². The van der Waals surface area contributed by atoms with Crippen LogP contribution >= 0.6 is 11.6 Å². The van der Waals surface area contributed by atoms with E-state index in [4.69, 9.17) is 16.3 Å². The number of imidazole rings is 2. The number of nitrogens with zero attached hydrogens (tertiary/aromatic N) is 4. The molecule has 7 heteroatoms. The second-order valence-corrected chi connectivity index (χ2v) is 7.84. The molecule has 3 aromatic rings. The van der Waals surface area contributed by atoms with Crippen LogP contribution in [0.2, 0.25) is 5.02 Å². The standard InChI is InChI=1S/C20H22ClN5O/c1-13-19(24-12-23-13)20-22-6-7-26(20)16-8-17-11-27-18(10-25(17)9-16)14-2-4-15(21)5-3-14/h2-7,12,16-18H,8-11H2,1H3,(H,23,24)/t16-,17+,18-/m1/s1. The normalized spacial score (nSPS) is 25.6. The van der Waals surface area contributed by atoms with Gasteiger partial charge in [0.05, 0.1) is 19.0 Å². The molecule has 1 N–H and O–H groups in total. The summed E-state index contributed by atoms with van der Waals surface area (Å²) in [7, 11) is 0. The fraction of sp³-hybridized carbons (Fsp3) is 0.400. The molecule has 0 radical (unpaired) electrons. The van der Waals surface area contributed by atoms with E-state index in [2.05, 4.69) is 42.7 Å². The summed E-state index contributed by atoms with van der Waals surface area (Å²) in [6.07, 6.45) is 6.85. The molecule has 1 aromatic carbocycles. The third-order valence-electron chi connectivity index (χ3n) is 5.74. The Morgan fingerprint density at radius 2 is 2.00 bits per heavy atom. The van der Waals surface area contributed by atoms with E-state index in [0.29, 0.717) is 12.1 Å². The summed E-state index contributed by atoms with van der Waals surface area (Å²) >= 11 is 6.02. The lowest BCUT2D eigenvalue weighted by Crippen LogP contribution is -2.42. The van der Waals surface area contributed by atoms with Gasteiger partial charge in [0.15, 0.2) is 5.82 Å². The molecule has 140 valence electrons. The lowest BCUT2D eigenvalue weighted by Gasteiger charge is -2.35. The smallest absolute Gasteiger partial charge is 0.160 e. The molecule has 2 aliphatic heterocycles. The predicted molar refractivity (Wildman–Crippen MR) is 104 cm³/mol. The van der Waals surface area contributed by atoms with E-state index in [9.17, 15) is 0 Å². The number of ether oxygens (including phenoxy) is 1. The highest BCUT2D eigenvalue weighted by atomic mass is 35.5. The summed E-state index contributed by atoms with van der Waals surface area (Å²) in [6, 6.07) is 8.83. The zero-order valence-electron chi connectivity index (χ0n) is 15.2. The Balaban J connectivity index is 1.34. The first kappa shape index (κ1) is 17.0. The molecule has 0 saturated carbocycles. The van der Waals surface area contributed by atoms with Crippen LogP contribution in [0.15, 0.2) is 43.0 Å². The molecular weight excluding hydrogens is 362 g/mol. The van der Waals surface area contributed by atoms with Gasteiger partial charge in [0, 0.05) is 48.3 Å². The van der Waals surface area contributed by atoms with Crippen molar-refractivity contribution in [3.63, 3.8) is 0 Å². The number of hydrogen-bond donors (Lipinski definition) is 1. The van der Waals surface area contributed by atoms with Gasteiger partial charge in [0.2, 0.25) is 0 Å². The maximum absolute atomic E-state index is 6.18. The second kappa shape index (κ2) is 6.78. The monoisotopic (exact) mass is 383 g/mol. The fourth-order valence-corrected chi connectivity index (χ4v) is 4.43. The average Bonchev–Trinajstić information content (AvgIpc) is 3.39. The number of nitrogens with one attached hydrogen (secondary N) is 1. The van der Waals surface area contributed by atoms with Crippen LogP contribution in [-0.4, -0.2) is 50.2 Å². The molecule has 0 amide bonds. The van der Waals surface area contributed by atoms with Crippen LogP contribution in [0, 0.1) is 6.92 Å². The van der Waals surface area contributed by atoms with Gasteiger partial charge in [-0.15, -0.1) is 0 Å². The minimum Gasteiger partial charge on any atom is -0.371 e. The van der Waals surface area contributed by atoms with Crippen molar-refractivity contribution in [2.24, 2.45) is 0 Å². The molecule has 2 saturated heterocycles. The minimum absolute atomic E-state index is 0.105. The summed E-state index contributed by atoms with van der Waals surface area (Å²) in [6.45, 7) is 4.71. The van der Waals surface area contributed by atoms with Crippen LogP contribution in [0.5, 0.6) is 0 Å². The van der Waals surface area contributed by atoms with Gasteiger partial charge in [0.25, 0.3) is 0 Å². The summed E-state index contributed by atoms with van der Waals surface area (Å²) in [5.41, 5.74) is 3.17. The van der Waals surface area contributed by atoms with Gasteiger partial charge in [0.1, 0.15) is 5.69 Å². The lowest BCUT2D eigenvalue weighted by molar-refractivity contribution is -0.0502. The Morgan fingerprint density at radius 1 is 1.15 bits per heavy atom. The van der Waals surface area contributed by atoms with Crippen LogP contribution in [-0.2, 0) is 4.74 Å². The van der Waals surface area contributed by atoms with Crippen molar-refractivity contribution in [2.75, 3.05) is 19.7 Å². The first-order valence-corrected chi connectivity index (χ1v) is 9.71. The zero-order chi connectivity index (χ0) is 18.4. The number of benzene rings is 1. The SMILES string of the molecule is Cc1[nH]cnc1-c1nccn1[C@@H]1C[C@H]2CO[C@@H](c3ccc(Cl)cc3)CN2C1. The molecular formula is C20H22ClN5O. The van der Waals surface area contributed by atoms with E-state index in [1.165, 1.54) is 5.56 Å². The fourth-order valence-electron chi connectivity index (χ4n) is 4.30. The quantitative estimate of drug-likeness (QED) is 0.750. The maximum atomic E-state index is 6.18. The zero-order valence-corrected chi connectivity index (χ0v) is 15.9. The molecule has 27 heavy (non-hydrogen) atoms. The van der Waals surface area contributed by atoms with Crippen molar-refractivity contribution >= 4 is 11.6 Å². The van der Waals surface area contributed by atoms with Crippen LogP contribution in [0.3, 0.4) is 0 Å². The minimum atomic E-state index is 0.105. The van der Waals surface area contributed by atoms with Gasteiger partial charge in [-0.3, -0.25) is 4.90 Å². The van der Waals surface area contributed by atoms with Gasteiger partial charge in [-0.25, -0.2) is 9.97 Å². The van der Waals surface area contributed by atoms with Gasteiger partial charge < -0.3 is 14.3 Å². The Morgan fingerprint density at radius 3 is 2.78 bits per heavy atom. The number of fused-ring (bicyclic) bond motifs is 1. The summed E-state index contributed by atoms with van der Waals surface area (Å²) < 4.78 is 8.45. The first-order valence-electron chi connectivity index (χ1n) is 9.33. The first-order chi connectivity index (χ1) is 13.2. The molecule has 3 atom stereocenters. The highest BCUT2D eigenvalue weighted by molar-refractivity contribution is 6.30. The van der Waals surface area contributed by atoms with E-state index >= 15 is 0 Å². The number of halogens is 1. The van der Waals surface area contributed by atoms with Gasteiger partial charge in [-0.05, 0) is 31.0 Å². The van der Waals surface area contributed by atoms with E-state index in [-0.39, 0.29) is 6.10 Å². The van der Waals surface area contributed by atoms with Crippen LogP contribution in [0.25, 0.3) is 11.5 Å². The highest BCUT2D eigenvalue weighted by Gasteiger charge is 2.39. The second-order valence-electron chi connectivity index (χ2n) is 7.41. The number of aryl methyl sites for hydroxylation is 1. The van der Waals surface area contributed by atoms with Crippen molar-refractivity contribution in [1.82, 2.24) is 24.4 Å².